The van der Waals surface area contributed by atoms with Gasteiger partial charge in [-0.15, -0.1) is 11.8 Å². The topological polar surface area (TPSA) is 51.5 Å². The predicted octanol–water partition coefficient (Wildman–Crippen LogP) is 3.87. The summed E-state index contributed by atoms with van der Waals surface area (Å²) in [6.07, 6.45) is 0. The highest BCUT2D eigenvalue weighted by Crippen LogP contribution is 2.23. The van der Waals surface area contributed by atoms with Gasteiger partial charge in [-0.1, -0.05) is 0 Å². The first-order valence-corrected chi connectivity index (χ1v) is 8.11. The number of hydrogen-bond acceptors (Lipinski definition) is 4. The Balaban J connectivity index is 1.85. The second-order valence-electron chi connectivity index (χ2n) is 5.12. The van der Waals surface area contributed by atoms with E-state index in [1.54, 1.807) is 7.11 Å². The second-order valence-corrected chi connectivity index (χ2v) is 6.17. The summed E-state index contributed by atoms with van der Waals surface area (Å²) in [5.74, 6) is 2.92. The summed E-state index contributed by atoms with van der Waals surface area (Å²) in [5.41, 5.74) is 1.03. The van der Waals surface area contributed by atoms with Crippen molar-refractivity contribution in [1.82, 2.24) is 5.32 Å². The summed E-state index contributed by atoms with van der Waals surface area (Å²) in [6, 6.07) is 9.59. The van der Waals surface area contributed by atoms with Crippen molar-refractivity contribution in [3.63, 3.8) is 0 Å². The van der Waals surface area contributed by atoms with Crippen molar-refractivity contribution >= 4 is 17.7 Å². The van der Waals surface area contributed by atoms with E-state index in [0.717, 1.165) is 27.7 Å². The lowest BCUT2D eigenvalue weighted by Crippen LogP contribution is -2.28. The summed E-state index contributed by atoms with van der Waals surface area (Å²) in [4.78, 5) is 13.1. The third-order valence-corrected chi connectivity index (χ3v) is 4.36. The van der Waals surface area contributed by atoms with Crippen LogP contribution in [0.5, 0.6) is 5.75 Å². The van der Waals surface area contributed by atoms with Gasteiger partial charge in [0.1, 0.15) is 17.3 Å². The fourth-order valence-electron chi connectivity index (χ4n) is 2.26. The molecular formula is C17H21NO3S. The van der Waals surface area contributed by atoms with Gasteiger partial charge < -0.3 is 14.5 Å². The Morgan fingerprint density at radius 3 is 2.55 bits per heavy atom. The maximum atomic E-state index is 12.1. The van der Waals surface area contributed by atoms with E-state index in [-0.39, 0.29) is 11.9 Å². The van der Waals surface area contributed by atoms with Gasteiger partial charge in [0.2, 0.25) is 5.91 Å². The van der Waals surface area contributed by atoms with Crippen molar-refractivity contribution in [3.8, 4) is 5.75 Å². The average molecular weight is 319 g/mol. The van der Waals surface area contributed by atoms with Crippen LogP contribution in [0.1, 0.15) is 30.0 Å². The molecule has 1 N–H and O–H groups in total. The van der Waals surface area contributed by atoms with Crippen LogP contribution in [0.2, 0.25) is 0 Å². The van der Waals surface area contributed by atoms with Crippen LogP contribution in [-0.4, -0.2) is 18.8 Å². The predicted molar refractivity (Wildman–Crippen MR) is 88.5 cm³/mol. The second kappa shape index (κ2) is 7.40. The van der Waals surface area contributed by atoms with E-state index in [1.165, 1.54) is 11.8 Å². The largest absolute Gasteiger partial charge is 0.497 e. The minimum atomic E-state index is -0.0542. The summed E-state index contributed by atoms with van der Waals surface area (Å²) in [6.45, 7) is 5.79. The maximum absolute atomic E-state index is 12.1. The zero-order chi connectivity index (χ0) is 16.1. The molecule has 0 spiro atoms. The lowest BCUT2D eigenvalue weighted by molar-refractivity contribution is -0.119. The lowest BCUT2D eigenvalue weighted by atomic mass is 10.1. The third-order valence-electron chi connectivity index (χ3n) is 3.35. The molecule has 22 heavy (non-hydrogen) atoms. The molecule has 1 heterocycles. The van der Waals surface area contributed by atoms with Gasteiger partial charge in [-0.2, -0.15) is 0 Å². The molecule has 1 aromatic heterocycles. The molecule has 1 aromatic carbocycles. The van der Waals surface area contributed by atoms with E-state index in [4.69, 9.17) is 9.15 Å². The molecule has 1 amide bonds. The van der Waals surface area contributed by atoms with Crippen LogP contribution in [0.15, 0.2) is 39.6 Å². The molecule has 0 fully saturated rings. The molecule has 2 aromatic rings. The maximum Gasteiger partial charge on any atom is 0.230 e. The molecule has 4 nitrogen and oxygen atoms in total. The molecule has 0 saturated carbocycles. The smallest absolute Gasteiger partial charge is 0.230 e. The SMILES string of the molecule is COc1ccc(SCC(=O)NC(C)c2cc(C)oc2C)cc1. The number of amides is 1. The summed E-state index contributed by atoms with van der Waals surface area (Å²) in [5, 5.41) is 3.00. The van der Waals surface area contributed by atoms with Crippen molar-refractivity contribution in [3.05, 3.63) is 47.4 Å². The molecule has 0 aliphatic carbocycles. The monoisotopic (exact) mass is 319 g/mol. The molecular weight excluding hydrogens is 298 g/mol. The van der Waals surface area contributed by atoms with Gasteiger partial charge in [0.25, 0.3) is 0 Å². The van der Waals surface area contributed by atoms with Crippen LogP contribution >= 0.6 is 11.8 Å². The van der Waals surface area contributed by atoms with E-state index in [9.17, 15) is 4.79 Å². The number of carbonyl (C=O) groups excluding carboxylic acids is 1. The van der Waals surface area contributed by atoms with Gasteiger partial charge in [0.15, 0.2) is 0 Å². The normalized spacial score (nSPS) is 12.0. The fourth-order valence-corrected chi connectivity index (χ4v) is 2.97. The highest BCUT2D eigenvalue weighted by Gasteiger charge is 2.15. The number of nitrogens with one attached hydrogen (secondary N) is 1. The number of ether oxygens (including phenoxy) is 1. The van der Waals surface area contributed by atoms with Crippen LogP contribution in [0.4, 0.5) is 0 Å². The van der Waals surface area contributed by atoms with Gasteiger partial charge in [0, 0.05) is 10.5 Å². The average Bonchev–Trinajstić information content (AvgIpc) is 2.84. The first kappa shape index (κ1) is 16.5. The van der Waals surface area contributed by atoms with Crippen molar-refractivity contribution in [2.24, 2.45) is 0 Å². The van der Waals surface area contributed by atoms with Crippen molar-refractivity contribution in [1.29, 1.82) is 0 Å². The van der Waals surface area contributed by atoms with Crippen LogP contribution in [0.25, 0.3) is 0 Å². The van der Waals surface area contributed by atoms with Gasteiger partial charge in [-0.25, -0.2) is 0 Å². The van der Waals surface area contributed by atoms with Crippen molar-refractivity contribution in [2.75, 3.05) is 12.9 Å². The highest BCUT2D eigenvalue weighted by atomic mass is 32.2. The molecule has 118 valence electrons. The Bertz CT molecular complexity index is 634. The van der Waals surface area contributed by atoms with Crippen LogP contribution < -0.4 is 10.1 Å². The molecule has 0 bridgehead atoms. The summed E-state index contributed by atoms with van der Waals surface area (Å²) < 4.78 is 10.6. The number of hydrogen-bond donors (Lipinski definition) is 1. The Kier molecular flexibility index (Phi) is 5.55. The number of thioether (sulfide) groups is 1. The minimum Gasteiger partial charge on any atom is -0.497 e. The Labute approximate surface area is 135 Å². The van der Waals surface area contributed by atoms with Gasteiger partial charge in [0.05, 0.1) is 18.9 Å². The number of rotatable bonds is 6. The molecule has 1 unspecified atom stereocenters. The number of aryl methyl sites for hydroxylation is 2. The molecule has 0 aliphatic heterocycles. The summed E-state index contributed by atoms with van der Waals surface area (Å²) >= 11 is 1.50. The van der Waals surface area contributed by atoms with E-state index < -0.39 is 0 Å². The molecule has 0 aliphatic rings. The number of methoxy groups -OCH3 is 1. The highest BCUT2D eigenvalue weighted by molar-refractivity contribution is 8.00. The third kappa shape index (κ3) is 4.31. The van der Waals surface area contributed by atoms with E-state index >= 15 is 0 Å². The first-order valence-electron chi connectivity index (χ1n) is 7.12. The molecule has 0 saturated heterocycles. The van der Waals surface area contributed by atoms with Crippen LogP contribution in [-0.2, 0) is 4.79 Å². The Morgan fingerprint density at radius 1 is 1.32 bits per heavy atom. The first-order chi connectivity index (χ1) is 10.5. The molecule has 1 atom stereocenters. The number of benzene rings is 1. The zero-order valence-electron chi connectivity index (χ0n) is 13.3. The Hall–Kier alpha value is -1.88. The van der Waals surface area contributed by atoms with Crippen LogP contribution in [0, 0.1) is 13.8 Å². The van der Waals surface area contributed by atoms with E-state index in [2.05, 4.69) is 5.32 Å². The quantitative estimate of drug-likeness (QED) is 0.821. The van der Waals surface area contributed by atoms with Gasteiger partial charge in [-0.05, 0) is 51.1 Å². The minimum absolute atomic E-state index is 0.00608. The van der Waals surface area contributed by atoms with E-state index in [1.807, 2.05) is 51.1 Å². The zero-order valence-corrected chi connectivity index (χ0v) is 14.1. The van der Waals surface area contributed by atoms with Crippen molar-refractivity contribution < 1.29 is 13.9 Å². The van der Waals surface area contributed by atoms with Crippen LogP contribution in [0.3, 0.4) is 0 Å². The lowest BCUT2D eigenvalue weighted by Gasteiger charge is -2.13. The van der Waals surface area contributed by atoms with E-state index in [0.29, 0.717) is 5.75 Å². The van der Waals surface area contributed by atoms with Gasteiger partial charge >= 0.3 is 0 Å². The molecule has 2 rings (SSSR count). The summed E-state index contributed by atoms with van der Waals surface area (Å²) in [7, 11) is 1.64. The standard InChI is InChI=1S/C17H21NO3S/c1-11-9-16(13(3)21-11)12(2)18-17(19)10-22-15-7-5-14(20-4)6-8-15/h5-9,12H,10H2,1-4H3,(H,18,19). The van der Waals surface area contributed by atoms with Gasteiger partial charge in [-0.3, -0.25) is 4.79 Å². The molecule has 5 heteroatoms. The fraction of sp³-hybridized carbons (Fsp3) is 0.353. The Morgan fingerprint density at radius 2 is 2.00 bits per heavy atom. The number of furan rings is 1. The number of carbonyl (C=O) groups is 1. The molecule has 0 radical (unpaired) electrons. The van der Waals surface area contributed by atoms with Crippen molar-refractivity contribution in [2.45, 2.75) is 31.7 Å².